The summed E-state index contributed by atoms with van der Waals surface area (Å²) in [5, 5.41) is -0.0689. The Morgan fingerprint density at radius 1 is 1.12 bits per heavy atom. The van der Waals surface area contributed by atoms with E-state index in [9.17, 15) is 14.0 Å². The second kappa shape index (κ2) is 7.05. The van der Waals surface area contributed by atoms with Crippen LogP contribution in [-0.2, 0) is 11.2 Å². The van der Waals surface area contributed by atoms with Gasteiger partial charge in [0.2, 0.25) is 5.91 Å². The Kier molecular flexibility index (Phi) is 4.85. The lowest BCUT2D eigenvalue weighted by Gasteiger charge is -2.34. The number of hydrogen-bond acceptors (Lipinski definition) is 2. The lowest BCUT2D eigenvalue weighted by atomic mass is 10.1. The summed E-state index contributed by atoms with van der Waals surface area (Å²) in [6.07, 6.45) is 2.11. The minimum atomic E-state index is -0.548. The van der Waals surface area contributed by atoms with E-state index in [2.05, 4.69) is 4.98 Å². The first-order valence-corrected chi connectivity index (χ1v) is 8.07. The molecule has 0 atom stereocenters. The van der Waals surface area contributed by atoms with Crippen molar-refractivity contribution in [3.63, 3.8) is 0 Å². The Hall–Kier alpha value is -2.34. The van der Waals surface area contributed by atoms with Crippen molar-refractivity contribution < 1.29 is 14.0 Å². The van der Waals surface area contributed by atoms with E-state index in [0.29, 0.717) is 38.2 Å². The largest absolute Gasteiger partial charge is 0.365 e. The predicted octanol–water partition coefficient (Wildman–Crippen LogP) is 2.33. The molecule has 1 fully saturated rings. The lowest BCUT2D eigenvalue weighted by Crippen LogP contribution is -2.51. The van der Waals surface area contributed by atoms with Gasteiger partial charge in [-0.1, -0.05) is 11.6 Å². The number of aromatic nitrogens is 1. The maximum atomic E-state index is 13.2. The van der Waals surface area contributed by atoms with Gasteiger partial charge in [-0.2, -0.15) is 0 Å². The highest BCUT2D eigenvalue weighted by molar-refractivity contribution is 6.31. The van der Waals surface area contributed by atoms with E-state index in [4.69, 9.17) is 11.6 Å². The Morgan fingerprint density at radius 3 is 2.46 bits per heavy atom. The molecule has 1 aromatic heterocycles. The molecule has 5 nitrogen and oxygen atoms in total. The van der Waals surface area contributed by atoms with E-state index < -0.39 is 5.82 Å². The molecule has 1 aromatic carbocycles. The van der Waals surface area contributed by atoms with Crippen LogP contribution < -0.4 is 0 Å². The normalized spacial score (nSPS) is 14.8. The van der Waals surface area contributed by atoms with Crippen LogP contribution in [0, 0.1) is 5.82 Å². The molecule has 0 aliphatic carbocycles. The fraction of sp³-hybridized carbons (Fsp3) is 0.294. The number of rotatable bonds is 3. The number of benzene rings is 1. The molecule has 7 heteroatoms. The summed E-state index contributed by atoms with van der Waals surface area (Å²) < 4.78 is 13.2. The number of aromatic amines is 1. The number of hydrogen-bond donors (Lipinski definition) is 1. The van der Waals surface area contributed by atoms with Crippen LogP contribution in [0.3, 0.4) is 0 Å². The van der Waals surface area contributed by atoms with Crippen LogP contribution in [0.15, 0.2) is 36.5 Å². The molecular weight excluding hydrogens is 333 g/mol. The molecule has 1 aliphatic rings. The lowest BCUT2D eigenvalue weighted by molar-refractivity contribution is -0.132. The van der Waals surface area contributed by atoms with Gasteiger partial charge in [0.05, 0.1) is 11.4 Å². The quantitative estimate of drug-likeness (QED) is 0.924. The molecule has 0 bridgehead atoms. The summed E-state index contributed by atoms with van der Waals surface area (Å²) in [6.45, 7) is 1.87. The number of amides is 2. The molecule has 0 radical (unpaired) electrons. The third-order valence-electron chi connectivity index (χ3n) is 4.09. The molecule has 2 aromatic rings. The maximum Gasteiger partial charge on any atom is 0.254 e. The number of carbonyl (C=O) groups excluding carboxylic acids is 2. The Morgan fingerprint density at radius 2 is 1.83 bits per heavy atom. The molecular formula is C17H17ClFN3O2. The summed E-state index contributed by atoms with van der Waals surface area (Å²) in [6, 6.07) is 7.67. The second-order valence-corrected chi connectivity index (χ2v) is 6.08. The average Bonchev–Trinajstić information content (AvgIpc) is 3.10. The topological polar surface area (TPSA) is 56.4 Å². The van der Waals surface area contributed by atoms with Crippen molar-refractivity contribution in [2.45, 2.75) is 6.42 Å². The zero-order chi connectivity index (χ0) is 17.1. The van der Waals surface area contributed by atoms with Crippen molar-refractivity contribution in [3.8, 4) is 0 Å². The van der Waals surface area contributed by atoms with Crippen LogP contribution in [-0.4, -0.2) is 52.8 Å². The first kappa shape index (κ1) is 16.5. The highest BCUT2D eigenvalue weighted by Gasteiger charge is 2.25. The van der Waals surface area contributed by atoms with Gasteiger partial charge in [0.25, 0.3) is 5.91 Å². The minimum Gasteiger partial charge on any atom is -0.365 e. The van der Waals surface area contributed by atoms with Crippen LogP contribution in [0.5, 0.6) is 0 Å². The van der Waals surface area contributed by atoms with E-state index in [0.717, 1.165) is 5.69 Å². The van der Waals surface area contributed by atoms with Crippen molar-refractivity contribution in [3.05, 3.63) is 58.6 Å². The molecule has 24 heavy (non-hydrogen) atoms. The number of nitrogens with zero attached hydrogens (tertiary/aromatic N) is 2. The van der Waals surface area contributed by atoms with Crippen LogP contribution in [0.4, 0.5) is 4.39 Å². The molecule has 0 spiro atoms. The van der Waals surface area contributed by atoms with Crippen LogP contribution >= 0.6 is 11.6 Å². The van der Waals surface area contributed by atoms with Crippen LogP contribution in [0.2, 0.25) is 5.02 Å². The number of nitrogens with one attached hydrogen (secondary N) is 1. The van der Waals surface area contributed by atoms with E-state index >= 15 is 0 Å². The zero-order valence-corrected chi connectivity index (χ0v) is 13.7. The summed E-state index contributed by atoms with van der Waals surface area (Å²) >= 11 is 5.73. The SMILES string of the molecule is O=C(Cc1ccc[nH]1)N1CCN(C(=O)c2ccc(F)c(Cl)c2)CC1. The first-order valence-electron chi connectivity index (χ1n) is 7.69. The predicted molar refractivity (Wildman–Crippen MR) is 88.4 cm³/mol. The van der Waals surface area contributed by atoms with Gasteiger partial charge in [-0.3, -0.25) is 9.59 Å². The minimum absolute atomic E-state index is 0.0365. The number of piperazine rings is 1. The average molecular weight is 350 g/mol. The molecule has 1 aliphatic heterocycles. The second-order valence-electron chi connectivity index (χ2n) is 5.67. The molecule has 2 amide bonds. The van der Waals surface area contributed by atoms with E-state index in [-0.39, 0.29) is 16.8 Å². The van der Waals surface area contributed by atoms with Gasteiger partial charge in [-0.05, 0) is 30.3 Å². The summed E-state index contributed by atoms with van der Waals surface area (Å²) in [7, 11) is 0. The molecule has 1 saturated heterocycles. The Bertz CT molecular complexity index is 740. The van der Waals surface area contributed by atoms with Gasteiger partial charge in [0.1, 0.15) is 5.82 Å². The highest BCUT2D eigenvalue weighted by atomic mass is 35.5. The first-order chi connectivity index (χ1) is 11.5. The van der Waals surface area contributed by atoms with Gasteiger partial charge in [-0.15, -0.1) is 0 Å². The van der Waals surface area contributed by atoms with Crippen LogP contribution in [0.1, 0.15) is 16.1 Å². The van der Waals surface area contributed by atoms with Gasteiger partial charge in [0, 0.05) is 43.6 Å². The molecule has 2 heterocycles. The van der Waals surface area contributed by atoms with Gasteiger partial charge < -0.3 is 14.8 Å². The third kappa shape index (κ3) is 3.59. The number of halogens is 2. The standard InChI is InChI=1S/C17H17ClFN3O2/c18-14-10-12(3-4-15(14)19)17(24)22-8-6-21(7-9-22)16(23)11-13-2-1-5-20-13/h1-5,10,20H,6-9,11H2. The summed E-state index contributed by atoms with van der Waals surface area (Å²) in [5.74, 6) is -0.712. The Labute approximate surface area is 144 Å². The van der Waals surface area contributed by atoms with E-state index in [1.54, 1.807) is 16.0 Å². The molecule has 3 rings (SSSR count). The fourth-order valence-electron chi connectivity index (χ4n) is 2.72. The molecule has 0 saturated carbocycles. The monoisotopic (exact) mass is 349 g/mol. The van der Waals surface area contributed by atoms with Crippen molar-refractivity contribution >= 4 is 23.4 Å². The molecule has 1 N–H and O–H groups in total. The summed E-state index contributed by atoms with van der Waals surface area (Å²) in [5.41, 5.74) is 1.23. The van der Waals surface area contributed by atoms with Gasteiger partial charge in [-0.25, -0.2) is 4.39 Å². The number of carbonyl (C=O) groups is 2. The smallest absolute Gasteiger partial charge is 0.254 e. The zero-order valence-electron chi connectivity index (χ0n) is 13.0. The Balaban J connectivity index is 1.57. The van der Waals surface area contributed by atoms with Crippen molar-refractivity contribution in [2.24, 2.45) is 0 Å². The van der Waals surface area contributed by atoms with E-state index in [1.807, 2.05) is 12.1 Å². The van der Waals surface area contributed by atoms with Crippen molar-refractivity contribution in [1.29, 1.82) is 0 Å². The van der Waals surface area contributed by atoms with Crippen molar-refractivity contribution in [1.82, 2.24) is 14.8 Å². The summed E-state index contributed by atoms with van der Waals surface area (Å²) in [4.78, 5) is 31.1. The van der Waals surface area contributed by atoms with Gasteiger partial charge in [0.15, 0.2) is 0 Å². The molecule has 126 valence electrons. The van der Waals surface area contributed by atoms with Gasteiger partial charge >= 0.3 is 0 Å². The van der Waals surface area contributed by atoms with Crippen molar-refractivity contribution in [2.75, 3.05) is 26.2 Å². The number of H-pyrrole nitrogens is 1. The third-order valence-corrected chi connectivity index (χ3v) is 4.38. The van der Waals surface area contributed by atoms with Crippen LogP contribution in [0.25, 0.3) is 0 Å². The molecule has 0 unspecified atom stereocenters. The maximum absolute atomic E-state index is 13.2. The van der Waals surface area contributed by atoms with E-state index in [1.165, 1.54) is 18.2 Å². The highest BCUT2D eigenvalue weighted by Crippen LogP contribution is 2.18. The fourth-order valence-corrected chi connectivity index (χ4v) is 2.90.